The van der Waals surface area contributed by atoms with Gasteiger partial charge in [0.15, 0.2) is 0 Å². The first-order chi connectivity index (χ1) is 14.3. The maximum atomic E-state index is 14.0. The minimum Gasteiger partial charge on any atom is -0.480 e. The first kappa shape index (κ1) is 20.1. The zero-order chi connectivity index (χ0) is 21.4. The largest absolute Gasteiger partial charge is 0.480 e. The van der Waals surface area contributed by atoms with E-state index in [1.54, 1.807) is 15.5 Å². The second-order valence-corrected chi connectivity index (χ2v) is 7.71. The number of carboxylic acid groups (broad SMARTS) is 1. The highest BCUT2D eigenvalue weighted by molar-refractivity contribution is 5.94. The first-order valence-electron chi connectivity index (χ1n) is 9.90. The molecule has 1 N–H and O–H groups in total. The molecule has 0 bridgehead atoms. The van der Waals surface area contributed by atoms with E-state index in [1.165, 1.54) is 36.4 Å². The van der Waals surface area contributed by atoms with Crippen molar-refractivity contribution in [2.24, 2.45) is 0 Å². The molecule has 0 radical (unpaired) electrons. The summed E-state index contributed by atoms with van der Waals surface area (Å²) >= 11 is 0. The number of fused-ring (bicyclic) bond motifs is 1. The molecule has 1 aromatic heterocycles. The molecule has 156 valence electrons. The van der Waals surface area contributed by atoms with Crippen molar-refractivity contribution in [1.29, 1.82) is 0 Å². The van der Waals surface area contributed by atoms with Gasteiger partial charge in [-0.1, -0.05) is 0 Å². The van der Waals surface area contributed by atoms with Crippen LogP contribution < -0.4 is 0 Å². The van der Waals surface area contributed by atoms with Crippen LogP contribution in [0.15, 0.2) is 42.5 Å². The van der Waals surface area contributed by atoms with Crippen LogP contribution >= 0.6 is 0 Å². The summed E-state index contributed by atoms with van der Waals surface area (Å²) in [6.45, 7) is 2.74. The van der Waals surface area contributed by atoms with Gasteiger partial charge >= 0.3 is 5.97 Å². The lowest BCUT2D eigenvalue weighted by atomic mass is 9.87. The third-order valence-corrected chi connectivity index (χ3v) is 5.91. The number of carbonyl (C=O) groups excluding carboxylic acids is 1. The zero-order valence-corrected chi connectivity index (χ0v) is 16.6. The molecular weight excluding hydrogens is 390 g/mol. The summed E-state index contributed by atoms with van der Waals surface area (Å²) in [5.41, 5.74) is 2.93. The van der Waals surface area contributed by atoms with Crippen LogP contribution in [-0.2, 0) is 11.3 Å². The maximum Gasteiger partial charge on any atom is 0.323 e. The number of rotatable bonds is 4. The van der Waals surface area contributed by atoms with Gasteiger partial charge in [0.25, 0.3) is 5.91 Å². The van der Waals surface area contributed by atoms with Gasteiger partial charge in [0.1, 0.15) is 18.2 Å². The molecule has 1 fully saturated rings. The Morgan fingerprint density at radius 1 is 1.03 bits per heavy atom. The molecule has 5 nitrogen and oxygen atoms in total. The van der Waals surface area contributed by atoms with Crippen molar-refractivity contribution in [3.8, 4) is 0 Å². The Bertz CT molecular complexity index is 1110. The number of halogens is 2. The molecule has 0 atom stereocenters. The number of amides is 1. The molecule has 2 heterocycles. The number of piperidine rings is 1. The second kappa shape index (κ2) is 7.89. The molecule has 0 aliphatic carbocycles. The summed E-state index contributed by atoms with van der Waals surface area (Å²) in [7, 11) is 0. The van der Waals surface area contributed by atoms with Crippen LogP contribution in [0.25, 0.3) is 10.9 Å². The van der Waals surface area contributed by atoms with E-state index >= 15 is 0 Å². The predicted octanol–water partition coefficient (Wildman–Crippen LogP) is 4.33. The topological polar surface area (TPSA) is 62.5 Å². The van der Waals surface area contributed by atoms with E-state index in [0.29, 0.717) is 37.0 Å². The van der Waals surface area contributed by atoms with Gasteiger partial charge in [0, 0.05) is 35.2 Å². The van der Waals surface area contributed by atoms with Crippen LogP contribution in [0.4, 0.5) is 8.78 Å². The summed E-state index contributed by atoms with van der Waals surface area (Å²) < 4.78 is 28.8. The van der Waals surface area contributed by atoms with Gasteiger partial charge in [-0.25, -0.2) is 8.78 Å². The summed E-state index contributed by atoms with van der Waals surface area (Å²) in [5, 5.41) is 10.0. The first-order valence-corrected chi connectivity index (χ1v) is 9.90. The average Bonchev–Trinajstić information content (AvgIpc) is 2.98. The van der Waals surface area contributed by atoms with Gasteiger partial charge in [0.05, 0.1) is 0 Å². The summed E-state index contributed by atoms with van der Waals surface area (Å²) in [6.07, 6.45) is 1.38. The van der Waals surface area contributed by atoms with Gasteiger partial charge in [-0.15, -0.1) is 0 Å². The molecule has 4 rings (SSSR count). The summed E-state index contributed by atoms with van der Waals surface area (Å²) in [6, 6.07) is 9.94. The molecular formula is C23H22F2N2O3. The number of aliphatic carboxylic acids is 1. The molecule has 0 saturated carbocycles. The summed E-state index contributed by atoms with van der Waals surface area (Å²) in [5.74, 6) is -1.73. The Hall–Kier alpha value is -3.22. The van der Waals surface area contributed by atoms with Crippen molar-refractivity contribution < 1.29 is 23.5 Å². The third kappa shape index (κ3) is 3.67. The van der Waals surface area contributed by atoms with Crippen molar-refractivity contribution in [1.82, 2.24) is 9.47 Å². The normalized spacial score (nSPS) is 15.0. The van der Waals surface area contributed by atoms with Crippen LogP contribution in [-0.4, -0.2) is 39.5 Å². The number of nitrogens with zero attached hydrogens (tertiary/aromatic N) is 2. The Morgan fingerprint density at radius 2 is 1.67 bits per heavy atom. The molecule has 3 aromatic rings. The highest BCUT2D eigenvalue weighted by Gasteiger charge is 2.29. The highest BCUT2D eigenvalue weighted by atomic mass is 19.1. The quantitative estimate of drug-likeness (QED) is 0.694. The minimum atomic E-state index is -0.953. The Labute approximate surface area is 172 Å². The summed E-state index contributed by atoms with van der Waals surface area (Å²) in [4.78, 5) is 25.8. The van der Waals surface area contributed by atoms with Crippen molar-refractivity contribution in [3.05, 3.63) is 70.9 Å². The van der Waals surface area contributed by atoms with E-state index in [0.717, 1.165) is 16.6 Å². The molecule has 1 saturated heterocycles. The van der Waals surface area contributed by atoms with Gasteiger partial charge in [-0.3, -0.25) is 9.59 Å². The predicted molar refractivity (Wildman–Crippen MR) is 109 cm³/mol. The number of carboxylic acids is 1. The maximum absolute atomic E-state index is 14.0. The number of likely N-dealkylation sites (tertiary alicyclic amines) is 1. The third-order valence-electron chi connectivity index (χ3n) is 5.91. The number of carbonyl (C=O) groups is 2. The number of benzene rings is 2. The van der Waals surface area contributed by atoms with E-state index in [2.05, 4.69) is 0 Å². The van der Waals surface area contributed by atoms with Crippen LogP contribution in [0.5, 0.6) is 0 Å². The standard InChI is InChI=1S/C23H22F2N2O3/c1-14-22(19-12-18(25)6-7-20(19)27(14)13-21(28)29)15-8-10-26(11-9-15)23(30)16-2-4-17(24)5-3-16/h2-7,12,15H,8-11,13H2,1H3,(H,28,29). The molecule has 1 amide bonds. The lowest BCUT2D eigenvalue weighted by Gasteiger charge is -2.32. The molecule has 7 heteroatoms. The molecule has 1 aliphatic heterocycles. The molecule has 0 spiro atoms. The van der Waals surface area contributed by atoms with Crippen LogP contribution in [0.3, 0.4) is 0 Å². The Morgan fingerprint density at radius 3 is 2.30 bits per heavy atom. The Kier molecular flexibility index (Phi) is 5.28. The van der Waals surface area contributed by atoms with E-state index < -0.39 is 5.97 Å². The molecule has 30 heavy (non-hydrogen) atoms. The van der Waals surface area contributed by atoms with Crippen molar-refractivity contribution in [2.45, 2.75) is 32.2 Å². The van der Waals surface area contributed by atoms with Crippen molar-refractivity contribution in [2.75, 3.05) is 13.1 Å². The second-order valence-electron chi connectivity index (χ2n) is 7.71. The van der Waals surface area contributed by atoms with Crippen LogP contribution in [0, 0.1) is 18.6 Å². The number of hydrogen-bond acceptors (Lipinski definition) is 2. The van der Waals surface area contributed by atoms with Gasteiger partial charge < -0.3 is 14.6 Å². The fourth-order valence-electron chi connectivity index (χ4n) is 4.48. The monoisotopic (exact) mass is 412 g/mol. The van der Waals surface area contributed by atoms with E-state index in [-0.39, 0.29) is 30.0 Å². The van der Waals surface area contributed by atoms with E-state index in [4.69, 9.17) is 0 Å². The Balaban J connectivity index is 1.59. The van der Waals surface area contributed by atoms with Gasteiger partial charge in [-0.2, -0.15) is 0 Å². The smallest absolute Gasteiger partial charge is 0.323 e. The van der Waals surface area contributed by atoms with Crippen molar-refractivity contribution >= 4 is 22.8 Å². The molecule has 0 unspecified atom stereocenters. The fraction of sp³-hybridized carbons (Fsp3) is 0.304. The average molecular weight is 412 g/mol. The lowest BCUT2D eigenvalue weighted by Crippen LogP contribution is -2.38. The number of aromatic nitrogens is 1. The van der Waals surface area contributed by atoms with Crippen LogP contribution in [0.1, 0.15) is 40.4 Å². The van der Waals surface area contributed by atoms with Gasteiger partial charge in [0.2, 0.25) is 0 Å². The van der Waals surface area contributed by atoms with E-state index in [1.807, 2.05) is 6.92 Å². The van der Waals surface area contributed by atoms with Gasteiger partial charge in [-0.05, 0) is 73.7 Å². The highest BCUT2D eigenvalue weighted by Crippen LogP contribution is 2.38. The van der Waals surface area contributed by atoms with E-state index in [9.17, 15) is 23.5 Å². The minimum absolute atomic E-state index is 0.0987. The SMILES string of the molecule is Cc1c(C2CCN(C(=O)c3ccc(F)cc3)CC2)c2cc(F)ccc2n1CC(=O)O. The van der Waals surface area contributed by atoms with Crippen LogP contribution in [0.2, 0.25) is 0 Å². The lowest BCUT2D eigenvalue weighted by molar-refractivity contribution is -0.137. The fourth-order valence-corrected chi connectivity index (χ4v) is 4.48. The van der Waals surface area contributed by atoms with Crippen molar-refractivity contribution in [3.63, 3.8) is 0 Å². The zero-order valence-electron chi connectivity index (χ0n) is 16.6. The molecule has 2 aromatic carbocycles. The number of hydrogen-bond donors (Lipinski definition) is 1. The molecule has 1 aliphatic rings.